The fourth-order valence-corrected chi connectivity index (χ4v) is 3.59. The standard InChI is InChI=1S/C17H19NO5S/c1-3-21-14-5-7-15(8-6-14)24(19,20)18(2)13-4-9-16-17(12-13)23-11-10-22-16/h4-9,12H,3,10-11H2,1-2H3. The Bertz CT molecular complexity index is 817. The van der Waals surface area contributed by atoms with Gasteiger partial charge in [0.25, 0.3) is 10.0 Å². The van der Waals surface area contributed by atoms with Crippen LogP contribution in [0, 0.1) is 0 Å². The minimum atomic E-state index is -3.67. The molecular formula is C17H19NO5S. The Labute approximate surface area is 141 Å². The van der Waals surface area contributed by atoms with E-state index < -0.39 is 10.0 Å². The molecule has 1 heterocycles. The van der Waals surface area contributed by atoms with E-state index in [1.165, 1.54) is 23.5 Å². The molecule has 2 aromatic carbocycles. The normalized spacial score (nSPS) is 13.4. The molecule has 0 atom stereocenters. The molecule has 0 aromatic heterocycles. The Balaban J connectivity index is 1.88. The molecule has 2 aromatic rings. The maximum absolute atomic E-state index is 12.8. The van der Waals surface area contributed by atoms with E-state index in [1.807, 2.05) is 6.92 Å². The van der Waals surface area contributed by atoms with Crippen LogP contribution in [-0.2, 0) is 10.0 Å². The second kappa shape index (κ2) is 6.60. The van der Waals surface area contributed by atoms with E-state index in [-0.39, 0.29) is 4.90 Å². The zero-order valence-corrected chi connectivity index (χ0v) is 14.4. The Morgan fingerprint density at radius 1 is 1.04 bits per heavy atom. The van der Waals surface area contributed by atoms with E-state index in [2.05, 4.69) is 0 Å². The predicted octanol–water partition coefficient (Wildman–Crippen LogP) is 2.68. The monoisotopic (exact) mass is 349 g/mol. The lowest BCUT2D eigenvalue weighted by Crippen LogP contribution is -2.26. The van der Waals surface area contributed by atoms with Gasteiger partial charge in [-0.1, -0.05) is 0 Å². The Morgan fingerprint density at radius 2 is 1.71 bits per heavy atom. The first-order valence-electron chi connectivity index (χ1n) is 7.64. The zero-order valence-electron chi connectivity index (χ0n) is 13.6. The minimum absolute atomic E-state index is 0.198. The van der Waals surface area contributed by atoms with Crippen molar-refractivity contribution in [2.75, 3.05) is 31.2 Å². The number of anilines is 1. The van der Waals surface area contributed by atoms with Gasteiger partial charge in [0.1, 0.15) is 19.0 Å². The molecular weight excluding hydrogens is 330 g/mol. The molecule has 7 heteroatoms. The van der Waals surface area contributed by atoms with Gasteiger partial charge in [0, 0.05) is 13.1 Å². The molecule has 1 aliphatic heterocycles. The summed E-state index contributed by atoms with van der Waals surface area (Å²) in [6.07, 6.45) is 0. The second-order valence-electron chi connectivity index (χ2n) is 5.20. The largest absolute Gasteiger partial charge is 0.494 e. The van der Waals surface area contributed by atoms with E-state index in [1.54, 1.807) is 30.3 Å². The average molecular weight is 349 g/mol. The molecule has 0 spiro atoms. The van der Waals surface area contributed by atoms with Crippen molar-refractivity contribution in [1.82, 2.24) is 0 Å². The number of hydrogen-bond acceptors (Lipinski definition) is 5. The Morgan fingerprint density at radius 3 is 2.38 bits per heavy atom. The SMILES string of the molecule is CCOc1ccc(S(=O)(=O)N(C)c2ccc3c(c2)OCCO3)cc1. The van der Waals surface area contributed by atoms with Gasteiger partial charge in [-0.25, -0.2) is 8.42 Å². The summed E-state index contributed by atoms with van der Waals surface area (Å²) >= 11 is 0. The molecule has 0 bridgehead atoms. The Kier molecular flexibility index (Phi) is 4.53. The second-order valence-corrected chi connectivity index (χ2v) is 7.17. The third-order valence-corrected chi connectivity index (χ3v) is 5.48. The lowest BCUT2D eigenvalue weighted by atomic mass is 10.2. The van der Waals surface area contributed by atoms with E-state index in [9.17, 15) is 8.42 Å². The third-order valence-electron chi connectivity index (χ3n) is 3.68. The van der Waals surface area contributed by atoms with Crippen LogP contribution in [0.15, 0.2) is 47.4 Å². The van der Waals surface area contributed by atoms with Crippen LogP contribution in [0.2, 0.25) is 0 Å². The van der Waals surface area contributed by atoms with Crippen LogP contribution in [0.25, 0.3) is 0 Å². The number of rotatable bonds is 5. The first-order chi connectivity index (χ1) is 11.5. The van der Waals surface area contributed by atoms with Crippen LogP contribution < -0.4 is 18.5 Å². The quantitative estimate of drug-likeness (QED) is 0.830. The van der Waals surface area contributed by atoms with Crippen molar-refractivity contribution in [2.24, 2.45) is 0 Å². The summed E-state index contributed by atoms with van der Waals surface area (Å²) < 4.78 is 43.1. The minimum Gasteiger partial charge on any atom is -0.494 e. The molecule has 6 nitrogen and oxygen atoms in total. The lowest BCUT2D eigenvalue weighted by molar-refractivity contribution is 0.171. The van der Waals surface area contributed by atoms with Gasteiger partial charge in [-0.3, -0.25) is 4.31 Å². The first kappa shape index (κ1) is 16.4. The molecule has 0 N–H and O–H groups in total. The predicted molar refractivity (Wildman–Crippen MR) is 90.6 cm³/mol. The van der Waals surface area contributed by atoms with Gasteiger partial charge in [0.2, 0.25) is 0 Å². The highest BCUT2D eigenvalue weighted by molar-refractivity contribution is 7.92. The number of benzene rings is 2. The third kappa shape index (κ3) is 3.12. The summed E-state index contributed by atoms with van der Waals surface area (Å²) in [5.41, 5.74) is 0.508. The highest BCUT2D eigenvalue weighted by Gasteiger charge is 2.23. The van der Waals surface area contributed by atoms with E-state index in [0.717, 1.165) is 0 Å². The molecule has 0 saturated heterocycles. The molecule has 0 radical (unpaired) electrons. The van der Waals surface area contributed by atoms with Crippen molar-refractivity contribution in [3.05, 3.63) is 42.5 Å². The molecule has 0 amide bonds. The molecule has 0 fully saturated rings. The number of sulfonamides is 1. The van der Waals surface area contributed by atoms with Crippen LogP contribution in [-0.4, -0.2) is 35.3 Å². The summed E-state index contributed by atoms with van der Waals surface area (Å²) in [5.74, 6) is 1.81. The van der Waals surface area contributed by atoms with Gasteiger partial charge in [-0.15, -0.1) is 0 Å². The van der Waals surface area contributed by atoms with Gasteiger partial charge in [-0.2, -0.15) is 0 Å². The Hall–Kier alpha value is -2.41. The fraction of sp³-hybridized carbons (Fsp3) is 0.294. The van der Waals surface area contributed by atoms with Gasteiger partial charge < -0.3 is 14.2 Å². The van der Waals surface area contributed by atoms with Crippen LogP contribution in [0.5, 0.6) is 17.2 Å². The lowest BCUT2D eigenvalue weighted by Gasteiger charge is -2.23. The van der Waals surface area contributed by atoms with Crippen molar-refractivity contribution in [3.8, 4) is 17.2 Å². The topological polar surface area (TPSA) is 65.1 Å². The zero-order chi connectivity index (χ0) is 17.2. The molecule has 3 rings (SSSR count). The smallest absolute Gasteiger partial charge is 0.264 e. The van der Waals surface area contributed by atoms with Crippen molar-refractivity contribution < 1.29 is 22.6 Å². The molecule has 0 unspecified atom stereocenters. The van der Waals surface area contributed by atoms with Crippen LogP contribution in [0.1, 0.15) is 6.92 Å². The summed E-state index contributed by atoms with van der Waals surface area (Å²) in [7, 11) is -2.16. The summed E-state index contributed by atoms with van der Waals surface area (Å²) in [6, 6.07) is 11.4. The summed E-state index contributed by atoms with van der Waals surface area (Å²) in [6.45, 7) is 3.35. The van der Waals surface area contributed by atoms with Crippen molar-refractivity contribution >= 4 is 15.7 Å². The van der Waals surface area contributed by atoms with Gasteiger partial charge in [0.05, 0.1) is 17.2 Å². The summed E-state index contributed by atoms with van der Waals surface area (Å²) in [5, 5.41) is 0. The number of nitrogens with zero attached hydrogens (tertiary/aromatic N) is 1. The first-order valence-corrected chi connectivity index (χ1v) is 9.08. The van der Waals surface area contributed by atoms with Gasteiger partial charge in [0.15, 0.2) is 11.5 Å². The molecule has 128 valence electrons. The number of fused-ring (bicyclic) bond motifs is 1. The maximum atomic E-state index is 12.8. The van der Waals surface area contributed by atoms with Crippen molar-refractivity contribution in [2.45, 2.75) is 11.8 Å². The van der Waals surface area contributed by atoms with Gasteiger partial charge >= 0.3 is 0 Å². The van der Waals surface area contributed by atoms with E-state index >= 15 is 0 Å². The van der Waals surface area contributed by atoms with E-state index in [4.69, 9.17) is 14.2 Å². The van der Waals surface area contributed by atoms with Gasteiger partial charge in [-0.05, 0) is 43.3 Å². The van der Waals surface area contributed by atoms with Crippen LogP contribution in [0.3, 0.4) is 0 Å². The highest BCUT2D eigenvalue weighted by atomic mass is 32.2. The molecule has 0 saturated carbocycles. The van der Waals surface area contributed by atoms with Crippen molar-refractivity contribution in [3.63, 3.8) is 0 Å². The molecule has 0 aliphatic carbocycles. The fourth-order valence-electron chi connectivity index (χ4n) is 2.40. The van der Waals surface area contributed by atoms with Crippen molar-refractivity contribution in [1.29, 1.82) is 0 Å². The number of ether oxygens (including phenoxy) is 3. The summed E-state index contributed by atoms with van der Waals surface area (Å²) in [4.78, 5) is 0.198. The highest BCUT2D eigenvalue weighted by Crippen LogP contribution is 2.35. The van der Waals surface area contributed by atoms with E-state index in [0.29, 0.717) is 42.8 Å². The van der Waals surface area contributed by atoms with Crippen LogP contribution in [0.4, 0.5) is 5.69 Å². The number of hydrogen-bond donors (Lipinski definition) is 0. The van der Waals surface area contributed by atoms with Crippen LogP contribution >= 0.6 is 0 Å². The molecule has 1 aliphatic rings. The average Bonchev–Trinajstić information content (AvgIpc) is 2.61. The molecule has 24 heavy (non-hydrogen) atoms. The maximum Gasteiger partial charge on any atom is 0.264 e.